The molecule has 0 heterocycles. The lowest BCUT2D eigenvalue weighted by Crippen LogP contribution is -2.44. The number of hydrogen-bond acceptors (Lipinski definition) is 6. The summed E-state index contributed by atoms with van der Waals surface area (Å²) < 4.78 is 4.79. The van der Waals surface area contributed by atoms with Gasteiger partial charge in [0, 0.05) is 33.0 Å². The SMILES string of the molecule is CCC(COC(C)=O)(C(=O)CCO)C(=O)CCO. The van der Waals surface area contributed by atoms with Crippen molar-refractivity contribution in [3.8, 4) is 0 Å². The average molecular weight is 260 g/mol. The standard InChI is InChI=1S/C12H20O6/c1-3-12(8-18-9(2)15,10(16)4-6-13)11(17)5-7-14/h13-14H,3-8H2,1-2H3. The third kappa shape index (κ3) is 4.19. The van der Waals surface area contributed by atoms with Gasteiger partial charge < -0.3 is 14.9 Å². The van der Waals surface area contributed by atoms with Gasteiger partial charge in [-0.05, 0) is 6.42 Å². The molecule has 0 radical (unpaired) electrons. The van der Waals surface area contributed by atoms with Crippen LogP contribution in [0, 0.1) is 5.41 Å². The third-order valence-electron chi connectivity index (χ3n) is 2.87. The Morgan fingerprint density at radius 2 is 1.50 bits per heavy atom. The molecule has 0 amide bonds. The van der Waals surface area contributed by atoms with E-state index >= 15 is 0 Å². The van der Waals surface area contributed by atoms with Crippen molar-refractivity contribution in [2.24, 2.45) is 5.41 Å². The van der Waals surface area contributed by atoms with E-state index in [1.807, 2.05) is 0 Å². The molecule has 0 fully saturated rings. The fourth-order valence-electron chi connectivity index (χ4n) is 1.72. The van der Waals surface area contributed by atoms with Gasteiger partial charge >= 0.3 is 5.97 Å². The van der Waals surface area contributed by atoms with E-state index in [0.717, 1.165) is 0 Å². The Morgan fingerprint density at radius 1 is 1.06 bits per heavy atom. The first-order chi connectivity index (χ1) is 8.44. The van der Waals surface area contributed by atoms with Crippen LogP contribution in [0.3, 0.4) is 0 Å². The highest BCUT2D eigenvalue weighted by Crippen LogP contribution is 2.28. The van der Waals surface area contributed by atoms with Gasteiger partial charge in [0.25, 0.3) is 0 Å². The van der Waals surface area contributed by atoms with Gasteiger partial charge in [0.2, 0.25) is 0 Å². The molecule has 2 N–H and O–H groups in total. The van der Waals surface area contributed by atoms with Crippen LogP contribution in [-0.4, -0.2) is 47.6 Å². The van der Waals surface area contributed by atoms with Gasteiger partial charge in [0.05, 0.1) is 0 Å². The summed E-state index contributed by atoms with van der Waals surface area (Å²) in [5, 5.41) is 17.6. The zero-order valence-corrected chi connectivity index (χ0v) is 10.8. The lowest BCUT2D eigenvalue weighted by molar-refractivity contribution is -0.153. The summed E-state index contributed by atoms with van der Waals surface area (Å²) >= 11 is 0. The van der Waals surface area contributed by atoms with Crippen molar-refractivity contribution in [3.63, 3.8) is 0 Å². The summed E-state index contributed by atoms with van der Waals surface area (Å²) in [4.78, 5) is 34.8. The van der Waals surface area contributed by atoms with Crippen molar-refractivity contribution in [2.75, 3.05) is 19.8 Å². The minimum Gasteiger partial charge on any atom is -0.464 e. The lowest BCUT2D eigenvalue weighted by atomic mass is 9.75. The van der Waals surface area contributed by atoms with Crippen LogP contribution in [-0.2, 0) is 19.1 Å². The lowest BCUT2D eigenvalue weighted by Gasteiger charge is -2.28. The normalized spacial score (nSPS) is 11.1. The molecule has 0 saturated heterocycles. The van der Waals surface area contributed by atoms with Crippen LogP contribution < -0.4 is 0 Å². The van der Waals surface area contributed by atoms with Crippen molar-refractivity contribution in [3.05, 3.63) is 0 Å². The first-order valence-electron chi connectivity index (χ1n) is 5.86. The van der Waals surface area contributed by atoms with Crippen molar-refractivity contribution < 1.29 is 29.3 Å². The molecule has 0 saturated carbocycles. The van der Waals surface area contributed by atoms with E-state index in [9.17, 15) is 14.4 Å². The zero-order valence-electron chi connectivity index (χ0n) is 10.8. The molecule has 0 aliphatic heterocycles. The van der Waals surface area contributed by atoms with Crippen molar-refractivity contribution in [1.82, 2.24) is 0 Å². The Hall–Kier alpha value is -1.27. The Bertz CT molecular complexity index is 292. The van der Waals surface area contributed by atoms with Gasteiger partial charge in [-0.2, -0.15) is 0 Å². The minimum atomic E-state index is -1.45. The number of Topliss-reactive ketones (excluding diaryl/α,β-unsaturated/α-hetero) is 2. The predicted octanol–water partition coefficient (Wildman–Crippen LogP) is -0.151. The molecule has 0 spiro atoms. The largest absolute Gasteiger partial charge is 0.464 e. The van der Waals surface area contributed by atoms with Gasteiger partial charge in [0.15, 0.2) is 11.6 Å². The highest BCUT2D eigenvalue weighted by atomic mass is 16.5. The minimum absolute atomic E-state index is 0.165. The zero-order chi connectivity index (χ0) is 14.2. The number of esters is 1. The summed E-state index contributed by atoms with van der Waals surface area (Å²) in [5.74, 6) is -1.51. The van der Waals surface area contributed by atoms with Gasteiger partial charge in [0.1, 0.15) is 12.0 Å². The van der Waals surface area contributed by atoms with Crippen LogP contribution in [0.5, 0.6) is 0 Å². The van der Waals surface area contributed by atoms with Crippen LogP contribution in [0.4, 0.5) is 0 Å². The first-order valence-corrected chi connectivity index (χ1v) is 5.86. The molecule has 0 aliphatic carbocycles. The number of rotatable bonds is 9. The average Bonchev–Trinajstić information content (AvgIpc) is 2.30. The Morgan fingerprint density at radius 3 is 1.78 bits per heavy atom. The maximum absolute atomic E-state index is 12.0. The van der Waals surface area contributed by atoms with Crippen LogP contribution >= 0.6 is 0 Å². The summed E-state index contributed by atoms with van der Waals surface area (Å²) in [6.07, 6.45) is -0.184. The second kappa shape index (κ2) is 7.94. The van der Waals surface area contributed by atoms with Gasteiger partial charge in [-0.1, -0.05) is 6.92 Å². The molecule has 0 aromatic carbocycles. The fraction of sp³-hybridized carbons (Fsp3) is 0.750. The highest BCUT2D eigenvalue weighted by Gasteiger charge is 2.43. The molecule has 104 valence electrons. The molecule has 0 atom stereocenters. The Labute approximate surface area is 106 Å². The number of ether oxygens (including phenoxy) is 1. The summed E-state index contributed by atoms with van der Waals surface area (Å²) in [6, 6.07) is 0. The quantitative estimate of drug-likeness (QED) is 0.441. The van der Waals surface area contributed by atoms with Crippen molar-refractivity contribution in [2.45, 2.75) is 33.1 Å². The van der Waals surface area contributed by atoms with Crippen LogP contribution in [0.25, 0.3) is 0 Å². The number of aliphatic hydroxyl groups is 2. The molecule has 6 nitrogen and oxygen atoms in total. The molecule has 18 heavy (non-hydrogen) atoms. The van der Waals surface area contributed by atoms with E-state index < -0.39 is 23.0 Å². The predicted molar refractivity (Wildman–Crippen MR) is 62.8 cm³/mol. The molecule has 0 aromatic rings. The topological polar surface area (TPSA) is 101 Å². The summed E-state index contributed by atoms with van der Waals surface area (Å²) in [5.41, 5.74) is -1.45. The summed E-state index contributed by atoms with van der Waals surface area (Å²) in [6.45, 7) is 1.75. The van der Waals surface area contributed by atoms with Gasteiger partial charge in [-0.25, -0.2) is 0 Å². The van der Waals surface area contributed by atoms with Crippen molar-refractivity contribution >= 4 is 17.5 Å². The molecule has 6 heteroatoms. The first kappa shape index (κ1) is 16.7. The van der Waals surface area contributed by atoms with E-state index in [0.29, 0.717) is 0 Å². The number of ketones is 2. The van der Waals surface area contributed by atoms with Crippen molar-refractivity contribution in [1.29, 1.82) is 0 Å². The second-order valence-electron chi connectivity index (χ2n) is 4.01. The van der Waals surface area contributed by atoms with E-state index in [4.69, 9.17) is 14.9 Å². The number of hydrogen-bond donors (Lipinski definition) is 2. The number of aliphatic hydroxyl groups excluding tert-OH is 2. The Balaban J connectivity index is 5.11. The molecule has 0 bridgehead atoms. The van der Waals surface area contributed by atoms with Crippen LogP contribution in [0.2, 0.25) is 0 Å². The summed E-state index contributed by atoms with van der Waals surface area (Å²) in [7, 11) is 0. The third-order valence-corrected chi connectivity index (χ3v) is 2.87. The molecular formula is C12H20O6. The second-order valence-corrected chi connectivity index (χ2v) is 4.01. The fourth-order valence-corrected chi connectivity index (χ4v) is 1.72. The maximum Gasteiger partial charge on any atom is 0.302 e. The molecule has 0 aliphatic rings. The van der Waals surface area contributed by atoms with E-state index in [1.165, 1.54) is 6.92 Å². The Kier molecular flexibility index (Phi) is 7.38. The van der Waals surface area contributed by atoms with Gasteiger partial charge in [-0.15, -0.1) is 0 Å². The van der Waals surface area contributed by atoms with E-state index in [2.05, 4.69) is 0 Å². The maximum atomic E-state index is 12.0. The number of carbonyl (C=O) groups excluding carboxylic acids is 3. The van der Waals surface area contributed by atoms with Crippen LogP contribution in [0.15, 0.2) is 0 Å². The molecular weight excluding hydrogens is 240 g/mol. The number of carbonyl (C=O) groups is 3. The smallest absolute Gasteiger partial charge is 0.302 e. The van der Waals surface area contributed by atoms with Gasteiger partial charge in [-0.3, -0.25) is 14.4 Å². The highest BCUT2D eigenvalue weighted by molar-refractivity contribution is 6.07. The molecule has 0 aromatic heterocycles. The molecule has 0 rings (SSSR count). The molecule has 0 unspecified atom stereocenters. The van der Waals surface area contributed by atoms with E-state index in [-0.39, 0.29) is 39.1 Å². The monoisotopic (exact) mass is 260 g/mol. The van der Waals surface area contributed by atoms with E-state index in [1.54, 1.807) is 6.92 Å². The van der Waals surface area contributed by atoms with Crippen LogP contribution in [0.1, 0.15) is 33.1 Å².